The Morgan fingerprint density at radius 1 is 0.219 bits per heavy atom. The lowest BCUT2D eigenvalue weighted by atomic mass is 10.0. The topological polar surface area (TPSA) is 16.3 Å². The first-order valence-corrected chi connectivity index (χ1v) is 21.8. The average molecular weight is 819 g/mol. The van der Waals surface area contributed by atoms with Crippen LogP contribution in [0.5, 0.6) is 0 Å². The van der Waals surface area contributed by atoms with Gasteiger partial charge in [0.2, 0.25) is 0 Å². The summed E-state index contributed by atoms with van der Waals surface area (Å²) in [6.45, 7) is 0. The van der Waals surface area contributed by atoms with E-state index in [0.29, 0.717) is 0 Å². The summed E-state index contributed by atoms with van der Waals surface area (Å²) in [4.78, 5) is 4.62. The van der Waals surface area contributed by atoms with Crippen molar-refractivity contribution in [3.05, 3.63) is 255 Å². The lowest BCUT2D eigenvalue weighted by Crippen LogP contribution is -2.12. The third-order valence-corrected chi connectivity index (χ3v) is 12.5. The zero-order valence-electron chi connectivity index (χ0n) is 35.0. The van der Waals surface area contributed by atoms with Gasteiger partial charge in [-0.15, -0.1) is 0 Å². The van der Waals surface area contributed by atoms with Crippen LogP contribution in [0.25, 0.3) is 66.1 Å². The second-order valence-electron chi connectivity index (χ2n) is 16.2. The molecule has 302 valence electrons. The molecule has 64 heavy (non-hydrogen) atoms. The van der Waals surface area contributed by atoms with Crippen LogP contribution < -0.4 is 9.80 Å². The summed E-state index contributed by atoms with van der Waals surface area (Å²) in [5.74, 6) is 0. The molecule has 0 amide bonds. The molecule has 0 aliphatic rings. The first kappa shape index (κ1) is 37.2. The number of rotatable bonds is 9. The van der Waals surface area contributed by atoms with E-state index in [0.717, 1.165) is 39.8 Å². The highest BCUT2D eigenvalue weighted by atomic mass is 15.2. The first-order valence-electron chi connectivity index (χ1n) is 21.8. The van der Waals surface area contributed by atoms with Crippen molar-refractivity contribution in [2.24, 2.45) is 0 Å². The van der Waals surface area contributed by atoms with Crippen LogP contribution in [0.15, 0.2) is 255 Å². The van der Waals surface area contributed by atoms with Crippen LogP contribution in [0.4, 0.5) is 34.1 Å². The van der Waals surface area contributed by atoms with Gasteiger partial charge in [-0.25, -0.2) is 0 Å². The monoisotopic (exact) mass is 818 g/mol. The summed E-state index contributed by atoms with van der Waals surface area (Å²) < 4.78 is 4.77. The molecule has 4 nitrogen and oxygen atoms in total. The second-order valence-corrected chi connectivity index (χ2v) is 16.2. The molecule has 0 spiro atoms. The van der Waals surface area contributed by atoms with Gasteiger partial charge in [0, 0.05) is 67.0 Å². The summed E-state index contributed by atoms with van der Waals surface area (Å²) in [6.07, 6.45) is 0. The summed E-state index contributed by atoms with van der Waals surface area (Å²) >= 11 is 0. The third kappa shape index (κ3) is 6.40. The Kier molecular flexibility index (Phi) is 9.12. The van der Waals surface area contributed by atoms with Gasteiger partial charge in [-0.05, 0) is 145 Å². The minimum Gasteiger partial charge on any atom is -0.311 e. The van der Waals surface area contributed by atoms with Crippen LogP contribution in [0, 0.1) is 0 Å². The molecule has 12 aromatic rings. The molecule has 2 heterocycles. The standard InChI is InChI=1S/C60H42N4/c1-5-17-45(18-6-1)61(46-19-7-2-8-20-46)49-31-33-50(34-32-49)62(47-21-9-3-10-22-47)51-35-37-52(38-36-51)64-58-28-16-14-26-54(58)56-42-44(30-40-60(56)64)43-29-39-59-55(41-43)53-25-13-15-27-57(53)63(59)48-23-11-4-12-24-48/h1-42H. The van der Waals surface area contributed by atoms with Gasteiger partial charge < -0.3 is 18.9 Å². The Balaban J connectivity index is 0.918. The molecule has 0 radical (unpaired) electrons. The lowest BCUT2D eigenvalue weighted by Gasteiger charge is -2.28. The lowest BCUT2D eigenvalue weighted by molar-refractivity contribution is 1.17. The molecule has 0 saturated carbocycles. The summed E-state index contributed by atoms with van der Waals surface area (Å²) in [6, 6.07) is 91.6. The van der Waals surface area contributed by atoms with Gasteiger partial charge in [-0.3, -0.25) is 0 Å². The van der Waals surface area contributed by atoms with Crippen LogP contribution in [0.1, 0.15) is 0 Å². The molecule has 10 aromatic carbocycles. The Hall–Kier alpha value is -8.60. The van der Waals surface area contributed by atoms with E-state index in [4.69, 9.17) is 0 Å². The highest BCUT2D eigenvalue weighted by molar-refractivity contribution is 6.12. The number of aromatic nitrogens is 2. The molecule has 0 aliphatic carbocycles. The van der Waals surface area contributed by atoms with Crippen molar-refractivity contribution in [3.8, 4) is 22.5 Å². The smallest absolute Gasteiger partial charge is 0.0541 e. The molecule has 0 N–H and O–H groups in total. The van der Waals surface area contributed by atoms with Crippen LogP contribution in [0.3, 0.4) is 0 Å². The van der Waals surface area contributed by atoms with E-state index in [-0.39, 0.29) is 0 Å². The molecule has 0 fully saturated rings. The zero-order valence-corrected chi connectivity index (χ0v) is 35.0. The molecular formula is C60H42N4. The predicted octanol–water partition coefficient (Wildman–Crippen LogP) is 16.5. The van der Waals surface area contributed by atoms with Gasteiger partial charge in [0.25, 0.3) is 0 Å². The molecular weight excluding hydrogens is 777 g/mol. The van der Waals surface area contributed by atoms with Gasteiger partial charge in [0.1, 0.15) is 0 Å². The fourth-order valence-electron chi connectivity index (χ4n) is 9.57. The average Bonchev–Trinajstić information content (AvgIpc) is 3.88. The van der Waals surface area contributed by atoms with E-state index in [2.05, 4.69) is 274 Å². The SMILES string of the molecule is c1ccc(N(c2ccccc2)c2ccc(N(c3ccccc3)c3ccc(-n4c5ccccc5c5cc(-c6ccc7c(c6)c6ccccc6n7-c6ccccc6)ccc54)cc3)cc2)cc1. The minimum absolute atomic E-state index is 1.08. The Bertz CT molecular complexity index is 3540. The van der Waals surface area contributed by atoms with Crippen molar-refractivity contribution in [2.75, 3.05) is 9.80 Å². The quantitative estimate of drug-likeness (QED) is 0.144. The van der Waals surface area contributed by atoms with Gasteiger partial charge in [-0.1, -0.05) is 121 Å². The van der Waals surface area contributed by atoms with E-state index in [9.17, 15) is 0 Å². The molecule has 0 unspecified atom stereocenters. The molecule has 0 bridgehead atoms. The number of fused-ring (bicyclic) bond motifs is 6. The molecule has 2 aromatic heterocycles. The second kappa shape index (κ2) is 15.7. The van der Waals surface area contributed by atoms with Crippen molar-refractivity contribution >= 4 is 77.7 Å². The summed E-state index contributed by atoms with van der Waals surface area (Å²) in [7, 11) is 0. The van der Waals surface area contributed by atoms with Gasteiger partial charge in [-0.2, -0.15) is 0 Å². The first-order chi connectivity index (χ1) is 31.8. The molecule has 12 rings (SSSR count). The number of hydrogen-bond acceptors (Lipinski definition) is 2. The number of anilines is 6. The Morgan fingerprint density at radius 3 is 0.922 bits per heavy atom. The number of benzene rings is 10. The number of nitrogens with zero attached hydrogens (tertiary/aromatic N) is 4. The van der Waals surface area contributed by atoms with Crippen LogP contribution in [0.2, 0.25) is 0 Å². The number of hydrogen-bond donors (Lipinski definition) is 0. The van der Waals surface area contributed by atoms with Gasteiger partial charge in [0.15, 0.2) is 0 Å². The Morgan fingerprint density at radius 2 is 0.516 bits per heavy atom. The Labute approximate surface area is 372 Å². The van der Waals surface area contributed by atoms with Crippen molar-refractivity contribution < 1.29 is 0 Å². The molecule has 4 heteroatoms. The highest BCUT2D eigenvalue weighted by Crippen LogP contribution is 2.41. The van der Waals surface area contributed by atoms with Crippen molar-refractivity contribution in [1.29, 1.82) is 0 Å². The highest BCUT2D eigenvalue weighted by Gasteiger charge is 2.19. The molecule has 0 saturated heterocycles. The molecule has 0 atom stereocenters. The maximum absolute atomic E-state index is 2.40. The number of para-hydroxylation sites is 6. The summed E-state index contributed by atoms with van der Waals surface area (Å²) in [5, 5.41) is 4.97. The van der Waals surface area contributed by atoms with Crippen molar-refractivity contribution in [2.45, 2.75) is 0 Å². The van der Waals surface area contributed by atoms with E-state index in [1.54, 1.807) is 0 Å². The van der Waals surface area contributed by atoms with Gasteiger partial charge in [0.05, 0.1) is 22.1 Å². The van der Waals surface area contributed by atoms with Crippen molar-refractivity contribution in [3.63, 3.8) is 0 Å². The van der Waals surface area contributed by atoms with Crippen molar-refractivity contribution in [1.82, 2.24) is 9.13 Å². The largest absolute Gasteiger partial charge is 0.311 e. The van der Waals surface area contributed by atoms with E-state index in [1.807, 2.05) is 0 Å². The van der Waals surface area contributed by atoms with Crippen LogP contribution in [-0.4, -0.2) is 9.13 Å². The van der Waals surface area contributed by atoms with Gasteiger partial charge >= 0.3 is 0 Å². The fraction of sp³-hybridized carbons (Fsp3) is 0. The van der Waals surface area contributed by atoms with Crippen LogP contribution >= 0.6 is 0 Å². The van der Waals surface area contributed by atoms with E-state index in [1.165, 1.54) is 60.4 Å². The zero-order chi connectivity index (χ0) is 42.4. The minimum atomic E-state index is 1.08. The maximum Gasteiger partial charge on any atom is 0.0541 e. The summed E-state index contributed by atoms with van der Waals surface area (Å²) in [5.41, 5.74) is 16.0. The van der Waals surface area contributed by atoms with Crippen LogP contribution in [-0.2, 0) is 0 Å². The third-order valence-electron chi connectivity index (χ3n) is 12.5. The molecule has 0 aliphatic heterocycles. The predicted molar refractivity (Wildman–Crippen MR) is 270 cm³/mol. The van der Waals surface area contributed by atoms with E-state index >= 15 is 0 Å². The maximum atomic E-state index is 2.40. The fourth-order valence-corrected chi connectivity index (χ4v) is 9.57. The normalized spacial score (nSPS) is 11.4. The van der Waals surface area contributed by atoms with E-state index < -0.39 is 0 Å².